The van der Waals surface area contributed by atoms with Crippen LogP contribution >= 0.6 is 0 Å². The Labute approximate surface area is 239 Å². The summed E-state index contributed by atoms with van der Waals surface area (Å²) < 4.78 is 0. The van der Waals surface area contributed by atoms with Crippen LogP contribution in [0.15, 0.2) is 55.2 Å². The molecule has 0 N–H and O–H groups in total. The third-order valence-corrected chi connectivity index (χ3v) is 4.66. The van der Waals surface area contributed by atoms with Gasteiger partial charge in [-0.3, -0.25) is 0 Å². The standard InChI is InChI=1S/C10H14.C7H16.C6H10.C5H10.C4H10.C3H8.C2H6/c1-4-10-6-5-8(2)9(3)7-10;1-4-6-7(3)5-2;1-5(2)6(3)4;1-4-5(2)3;1-4(2)3;1-3-2;1-2/h5-7H,4H2,1-3H3;7H,4-6H2,1-3H3;1,3H2,2,4H3;4-5H,1H2,2-3H3;4H,1-3H3;3H2,1-2H3;1-2H3. The highest BCUT2D eigenvalue weighted by atomic mass is 14.0. The Morgan fingerprint density at radius 3 is 1.30 bits per heavy atom. The summed E-state index contributed by atoms with van der Waals surface area (Å²) in [5.41, 5.74) is 6.35. The van der Waals surface area contributed by atoms with Crippen LogP contribution in [0.1, 0.15) is 146 Å². The molecule has 0 nitrogen and oxygen atoms in total. The lowest BCUT2D eigenvalue weighted by molar-refractivity contribution is 0.509. The Bertz CT molecular complexity index is 571. The molecule has 1 unspecified atom stereocenters. The minimum atomic E-state index is 0.648. The van der Waals surface area contributed by atoms with E-state index in [1.54, 1.807) is 0 Å². The van der Waals surface area contributed by atoms with Gasteiger partial charge in [0.25, 0.3) is 0 Å². The van der Waals surface area contributed by atoms with Crippen LogP contribution in [0.2, 0.25) is 0 Å². The number of allylic oxidation sites excluding steroid dienone is 3. The largest absolute Gasteiger partial charge is 0.103 e. The predicted molar refractivity (Wildman–Crippen MR) is 182 cm³/mol. The van der Waals surface area contributed by atoms with E-state index in [1.807, 2.05) is 33.8 Å². The van der Waals surface area contributed by atoms with Gasteiger partial charge in [0.05, 0.1) is 0 Å². The van der Waals surface area contributed by atoms with Crippen LogP contribution in [0.5, 0.6) is 0 Å². The molecule has 0 fully saturated rings. The molecule has 0 aliphatic carbocycles. The molecule has 0 aromatic heterocycles. The minimum absolute atomic E-state index is 0.648. The maximum absolute atomic E-state index is 3.66. The molecule has 0 aliphatic rings. The molecule has 1 aromatic rings. The molecule has 0 heterocycles. The summed E-state index contributed by atoms with van der Waals surface area (Å²) >= 11 is 0. The van der Waals surface area contributed by atoms with E-state index in [0.717, 1.165) is 29.4 Å². The normalized spacial score (nSPS) is 9.38. The van der Waals surface area contributed by atoms with Crippen molar-refractivity contribution in [3.8, 4) is 0 Å². The second-order valence-corrected chi connectivity index (χ2v) is 10.6. The molecule has 0 amide bonds. The van der Waals surface area contributed by atoms with Crippen molar-refractivity contribution in [2.75, 3.05) is 0 Å². The van der Waals surface area contributed by atoms with Gasteiger partial charge in [0.15, 0.2) is 0 Å². The SMILES string of the molecule is C=C(C)C(=C)C.C=CC(C)C.CC.CC(C)C.CCC.CCCC(C)CC.CCc1ccc(C)c(C)c1. The van der Waals surface area contributed by atoms with Gasteiger partial charge in [0.2, 0.25) is 0 Å². The van der Waals surface area contributed by atoms with E-state index >= 15 is 0 Å². The summed E-state index contributed by atoms with van der Waals surface area (Å²) in [7, 11) is 0. The van der Waals surface area contributed by atoms with Gasteiger partial charge in [-0.25, -0.2) is 0 Å². The van der Waals surface area contributed by atoms with Crippen molar-refractivity contribution in [2.24, 2.45) is 17.8 Å². The predicted octanol–water partition coefficient (Wildman–Crippen LogP) is 13.8. The first kappa shape index (κ1) is 48.5. The van der Waals surface area contributed by atoms with Crippen LogP contribution in [-0.4, -0.2) is 0 Å². The van der Waals surface area contributed by atoms with Gasteiger partial charge in [-0.2, -0.15) is 0 Å². The minimum Gasteiger partial charge on any atom is -0.103 e. The zero-order chi connectivity index (χ0) is 31.0. The number of aryl methyl sites for hydroxylation is 3. The molecule has 1 aromatic carbocycles. The second kappa shape index (κ2) is 39.0. The van der Waals surface area contributed by atoms with Crippen LogP contribution in [0.4, 0.5) is 0 Å². The first-order chi connectivity index (χ1) is 17.1. The molecule has 0 heteroatoms. The maximum Gasteiger partial charge on any atom is -0.0293 e. The van der Waals surface area contributed by atoms with E-state index in [0.29, 0.717) is 5.92 Å². The highest BCUT2D eigenvalue weighted by molar-refractivity contribution is 5.29. The number of rotatable bonds is 6. The number of hydrogen-bond acceptors (Lipinski definition) is 0. The van der Waals surface area contributed by atoms with E-state index in [1.165, 1.54) is 42.4 Å². The Hall–Kier alpha value is -1.56. The van der Waals surface area contributed by atoms with Crippen molar-refractivity contribution in [3.63, 3.8) is 0 Å². The van der Waals surface area contributed by atoms with Crippen molar-refractivity contribution in [3.05, 3.63) is 71.8 Å². The highest BCUT2D eigenvalue weighted by Gasteiger charge is 1.93. The van der Waals surface area contributed by atoms with Crippen LogP contribution < -0.4 is 0 Å². The van der Waals surface area contributed by atoms with Crippen LogP contribution in [0.25, 0.3) is 0 Å². The summed E-state index contributed by atoms with van der Waals surface area (Å²) in [6, 6.07) is 6.64. The summed E-state index contributed by atoms with van der Waals surface area (Å²) in [6.07, 6.45) is 8.39. The Morgan fingerprint density at radius 1 is 0.784 bits per heavy atom. The first-order valence-corrected chi connectivity index (χ1v) is 15.1. The van der Waals surface area contributed by atoms with E-state index in [4.69, 9.17) is 0 Å². The topological polar surface area (TPSA) is 0 Å². The van der Waals surface area contributed by atoms with E-state index in [9.17, 15) is 0 Å². The third kappa shape index (κ3) is 60.7. The van der Waals surface area contributed by atoms with Gasteiger partial charge in [0, 0.05) is 0 Å². The molecule has 1 rings (SSSR count). The fourth-order valence-corrected chi connectivity index (χ4v) is 1.72. The molecule has 0 radical (unpaired) electrons. The molecule has 222 valence electrons. The average Bonchev–Trinajstić information content (AvgIpc) is 2.83. The van der Waals surface area contributed by atoms with Crippen LogP contribution in [0.3, 0.4) is 0 Å². The molecular weight excluding hydrogens is 444 g/mol. The van der Waals surface area contributed by atoms with Gasteiger partial charge >= 0.3 is 0 Å². The van der Waals surface area contributed by atoms with Crippen LogP contribution in [-0.2, 0) is 6.42 Å². The third-order valence-electron chi connectivity index (χ3n) is 4.66. The molecule has 1 atom stereocenters. The molecule has 0 saturated carbocycles. The van der Waals surface area contributed by atoms with Crippen molar-refractivity contribution in [1.82, 2.24) is 0 Å². The van der Waals surface area contributed by atoms with Gasteiger partial charge in [-0.1, -0.05) is 164 Å². The average molecular weight is 519 g/mol. The molecular formula is C37H74. The second-order valence-electron chi connectivity index (χ2n) is 10.6. The summed E-state index contributed by atoms with van der Waals surface area (Å²) in [5.74, 6) is 2.43. The van der Waals surface area contributed by atoms with Crippen molar-refractivity contribution in [1.29, 1.82) is 0 Å². The van der Waals surface area contributed by atoms with E-state index in [-0.39, 0.29) is 0 Å². The number of hydrogen-bond donors (Lipinski definition) is 0. The smallest absolute Gasteiger partial charge is 0.0293 e. The Balaban J connectivity index is -0.0000000802. The highest BCUT2D eigenvalue weighted by Crippen LogP contribution is 2.09. The van der Waals surface area contributed by atoms with Gasteiger partial charge < -0.3 is 0 Å². The van der Waals surface area contributed by atoms with Crippen molar-refractivity contribution in [2.45, 2.75) is 150 Å². The lowest BCUT2D eigenvalue weighted by atomic mass is 10.0. The van der Waals surface area contributed by atoms with E-state index in [2.05, 4.69) is 128 Å². The molecule has 0 saturated heterocycles. The zero-order valence-corrected chi connectivity index (χ0v) is 29.2. The fourth-order valence-electron chi connectivity index (χ4n) is 1.72. The summed E-state index contributed by atoms with van der Waals surface area (Å²) in [4.78, 5) is 0. The lowest BCUT2D eigenvalue weighted by Gasteiger charge is -2.02. The van der Waals surface area contributed by atoms with Crippen molar-refractivity contribution < 1.29 is 0 Å². The summed E-state index contributed by atoms with van der Waals surface area (Å²) in [6.45, 7) is 47.0. The van der Waals surface area contributed by atoms with Gasteiger partial charge in [0.1, 0.15) is 0 Å². The first-order valence-electron chi connectivity index (χ1n) is 15.1. The fraction of sp³-hybridized carbons (Fsp3) is 0.676. The van der Waals surface area contributed by atoms with Crippen molar-refractivity contribution >= 4 is 0 Å². The molecule has 0 bridgehead atoms. The Morgan fingerprint density at radius 2 is 1.14 bits per heavy atom. The lowest BCUT2D eigenvalue weighted by Crippen LogP contribution is -1.88. The maximum atomic E-state index is 3.66. The monoisotopic (exact) mass is 519 g/mol. The van der Waals surface area contributed by atoms with Gasteiger partial charge in [-0.15, -0.1) is 6.58 Å². The molecule has 0 spiro atoms. The van der Waals surface area contributed by atoms with E-state index < -0.39 is 0 Å². The summed E-state index contributed by atoms with van der Waals surface area (Å²) in [5, 5.41) is 0. The van der Waals surface area contributed by atoms with Crippen LogP contribution in [0, 0.1) is 31.6 Å². The molecule has 37 heavy (non-hydrogen) atoms. The zero-order valence-electron chi connectivity index (χ0n) is 29.2. The number of benzene rings is 1. The van der Waals surface area contributed by atoms with Gasteiger partial charge in [-0.05, 0) is 68.6 Å². The Kier molecular flexibility index (Phi) is 51.1. The quantitative estimate of drug-likeness (QED) is 0.259. The molecule has 0 aliphatic heterocycles.